The summed E-state index contributed by atoms with van der Waals surface area (Å²) in [4.78, 5) is 2.31. The van der Waals surface area contributed by atoms with E-state index in [1.54, 1.807) is 30.5 Å². The maximum Gasteiger partial charge on any atom is 0.573 e. The van der Waals surface area contributed by atoms with E-state index in [0.717, 1.165) is 16.9 Å². The molecule has 0 saturated carbocycles. The van der Waals surface area contributed by atoms with E-state index in [2.05, 4.69) is 17.0 Å². The number of thiophene rings is 1. The summed E-state index contributed by atoms with van der Waals surface area (Å²) in [5.41, 5.74) is 0.740. The normalized spacial score (nSPS) is 13.2. The van der Waals surface area contributed by atoms with E-state index < -0.39 is 6.36 Å². The third-order valence-electron chi connectivity index (χ3n) is 3.03. The van der Waals surface area contributed by atoms with Gasteiger partial charge in [0.1, 0.15) is 5.75 Å². The molecule has 2 aromatic rings. The Bertz CT molecular complexity index is 595. The molecule has 0 aliphatic heterocycles. The van der Waals surface area contributed by atoms with Crippen molar-refractivity contribution in [2.75, 3.05) is 7.05 Å². The van der Waals surface area contributed by atoms with Gasteiger partial charge >= 0.3 is 6.36 Å². The Labute approximate surface area is 125 Å². The SMILES string of the molecule is CCc1ccc(C(NC)c2cccc(OC(F)(F)F)c2)s1. The van der Waals surface area contributed by atoms with Gasteiger partial charge < -0.3 is 10.1 Å². The van der Waals surface area contributed by atoms with Gasteiger partial charge in [-0.15, -0.1) is 24.5 Å². The number of nitrogens with one attached hydrogen (secondary N) is 1. The summed E-state index contributed by atoms with van der Waals surface area (Å²) in [7, 11) is 1.79. The molecule has 0 saturated heterocycles. The molecule has 2 rings (SSSR count). The molecule has 1 N–H and O–H groups in total. The minimum Gasteiger partial charge on any atom is -0.406 e. The van der Waals surface area contributed by atoms with Crippen molar-refractivity contribution in [1.82, 2.24) is 5.32 Å². The van der Waals surface area contributed by atoms with Crippen LogP contribution in [0.25, 0.3) is 0 Å². The van der Waals surface area contributed by atoms with Gasteiger partial charge in [-0.2, -0.15) is 0 Å². The second-order valence-electron chi connectivity index (χ2n) is 4.50. The molecule has 0 amide bonds. The first-order valence-electron chi connectivity index (χ1n) is 6.54. The van der Waals surface area contributed by atoms with Gasteiger partial charge in [0.2, 0.25) is 0 Å². The Morgan fingerprint density at radius 1 is 1.24 bits per heavy atom. The number of hydrogen-bond donors (Lipinski definition) is 1. The van der Waals surface area contributed by atoms with Crippen molar-refractivity contribution in [3.8, 4) is 5.75 Å². The van der Waals surface area contributed by atoms with Crippen LogP contribution in [-0.4, -0.2) is 13.4 Å². The van der Waals surface area contributed by atoms with E-state index in [1.165, 1.54) is 17.0 Å². The van der Waals surface area contributed by atoms with Crippen LogP contribution in [0, 0.1) is 0 Å². The Morgan fingerprint density at radius 2 is 2.00 bits per heavy atom. The summed E-state index contributed by atoms with van der Waals surface area (Å²) in [6.07, 6.45) is -3.73. The fourth-order valence-corrected chi connectivity index (χ4v) is 3.20. The van der Waals surface area contributed by atoms with Crippen LogP contribution in [0.1, 0.15) is 28.3 Å². The van der Waals surface area contributed by atoms with Crippen molar-refractivity contribution in [3.05, 3.63) is 51.7 Å². The molecule has 1 unspecified atom stereocenters. The summed E-state index contributed by atoms with van der Waals surface area (Å²) in [6.45, 7) is 2.07. The Hall–Kier alpha value is -1.53. The molecular weight excluding hydrogens is 299 g/mol. The van der Waals surface area contributed by atoms with Gasteiger partial charge in [0.15, 0.2) is 0 Å². The van der Waals surface area contributed by atoms with Gasteiger partial charge in [0.05, 0.1) is 6.04 Å². The van der Waals surface area contributed by atoms with Gasteiger partial charge in [0.25, 0.3) is 0 Å². The number of aryl methyl sites for hydroxylation is 1. The number of rotatable bonds is 5. The fourth-order valence-electron chi connectivity index (χ4n) is 2.10. The van der Waals surface area contributed by atoms with Crippen molar-refractivity contribution < 1.29 is 17.9 Å². The zero-order chi connectivity index (χ0) is 15.5. The molecule has 1 atom stereocenters. The predicted octanol–water partition coefficient (Wildman–Crippen LogP) is 4.52. The van der Waals surface area contributed by atoms with Crippen LogP contribution in [-0.2, 0) is 6.42 Å². The quantitative estimate of drug-likeness (QED) is 0.876. The molecular formula is C15H16F3NOS. The van der Waals surface area contributed by atoms with Crippen LogP contribution in [0.4, 0.5) is 13.2 Å². The molecule has 21 heavy (non-hydrogen) atoms. The second-order valence-corrected chi connectivity index (χ2v) is 5.70. The summed E-state index contributed by atoms with van der Waals surface area (Å²) in [6, 6.07) is 9.97. The zero-order valence-electron chi connectivity index (χ0n) is 11.7. The maximum atomic E-state index is 12.3. The van der Waals surface area contributed by atoms with Crippen molar-refractivity contribution >= 4 is 11.3 Å². The third kappa shape index (κ3) is 4.22. The third-order valence-corrected chi connectivity index (χ3v) is 4.32. The molecule has 0 spiro atoms. The van der Waals surface area contributed by atoms with Crippen molar-refractivity contribution in [1.29, 1.82) is 0 Å². The Kier molecular flexibility index (Phi) is 4.90. The molecule has 0 radical (unpaired) electrons. The summed E-state index contributed by atoms with van der Waals surface area (Å²) in [5, 5.41) is 3.14. The largest absolute Gasteiger partial charge is 0.573 e. The smallest absolute Gasteiger partial charge is 0.406 e. The molecule has 6 heteroatoms. The van der Waals surface area contributed by atoms with Gasteiger partial charge in [-0.25, -0.2) is 0 Å². The number of halogens is 3. The summed E-state index contributed by atoms with van der Waals surface area (Å²) in [5.74, 6) is -0.201. The predicted molar refractivity (Wildman–Crippen MR) is 77.7 cm³/mol. The number of hydrogen-bond acceptors (Lipinski definition) is 3. The van der Waals surface area contributed by atoms with E-state index in [4.69, 9.17) is 0 Å². The lowest BCUT2D eigenvalue weighted by atomic mass is 10.1. The highest BCUT2D eigenvalue weighted by atomic mass is 32.1. The molecule has 0 bridgehead atoms. The van der Waals surface area contributed by atoms with Crippen LogP contribution >= 0.6 is 11.3 Å². The number of alkyl halides is 3. The maximum absolute atomic E-state index is 12.3. The van der Waals surface area contributed by atoms with Crippen molar-refractivity contribution in [3.63, 3.8) is 0 Å². The van der Waals surface area contributed by atoms with Crippen LogP contribution in [0.5, 0.6) is 5.75 Å². The van der Waals surface area contributed by atoms with Gasteiger partial charge in [-0.05, 0) is 43.3 Å². The van der Waals surface area contributed by atoms with Crippen molar-refractivity contribution in [2.45, 2.75) is 25.7 Å². The highest BCUT2D eigenvalue weighted by Gasteiger charge is 2.31. The van der Waals surface area contributed by atoms with Crippen molar-refractivity contribution in [2.24, 2.45) is 0 Å². The lowest BCUT2D eigenvalue weighted by Crippen LogP contribution is -2.19. The first-order chi connectivity index (χ1) is 9.93. The van der Waals surface area contributed by atoms with E-state index in [9.17, 15) is 13.2 Å². The minimum atomic E-state index is -4.67. The average molecular weight is 315 g/mol. The number of benzene rings is 1. The standard InChI is InChI=1S/C15H16F3NOS/c1-3-12-7-8-13(21-12)14(19-2)10-5-4-6-11(9-10)20-15(16,17)18/h4-9,14,19H,3H2,1-2H3. The molecule has 114 valence electrons. The molecule has 1 aromatic carbocycles. The highest BCUT2D eigenvalue weighted by Crippen LogP contribution is 2.31. The Morgan fingerprint density at radius 3 is 2.57 bits per heavy atom. The summed E-state index contributed by atoms with van der Waals surface area (Å²) >= 11 is 1.65. The van der Waals surface area contributed by atoms with E-state index in [-0.39, 0.29) is 11.8 Å². The molecule has 0 fully saturated rings. The molecule has 2 nitrogen and oxygen atoms in total. The molecule has 0 aliphatic rings. The van der Waals surface area contributed by atoms with Gasteiger partial charge in [-0.3, -0.25) is 0 Å². The topological polar surface area (TPSA) is 21.3 Å². The fraction of sp³-hybridized carbons (Fsp3) is 0.333. The van der Waals surface area contributed by atoms with E-state index >= 15 is 0 Å². The van der Waals surface area contributed by atoms with E-state index in [0.29, 0.717) is 0 Å². The Balaban J connectivity index is 2.27. The van der Waals surface area contributed by atoms with Crippen LogP contribution in [0.3, 0.4) is 0 Å². The molecule has 1 heterocycles. The lowest BCUT2D eigenvalue weighted by molar-refractivity contribution is -0.274. The first-order valence-corrected chi connectivity index (χ1v) is 7.36. The van der Waals surface area contributed by atoms with Gasteiger partial charge in [0, 0.05) is 9.75 Å². The van der Waals surface area contributed by atoms with Crippen LogP contribution in [0.15, 0.2) is 36.4 Å². The van der Waals surface area contributed by atoms with Crippen LogP contribution in [0.2, 0.25) is 0 Å². The molecule has 0 aliphatic carbocycles. The zero-order valence-corrected chi connectivity index (χ0v) is 12.5. The second kappa shape index (κ2) is 6.49. The number of ether oxygens (including phenoxy) is 1. The average Bonchev–Trinajstić information content (AvgIpc) is 2.87. The highest BCUT2D eigenvalue weighted by molar-refractivity contribution is 7.12. The molecule has 1 aromatic heterocycles. The first kappa shape index (κ1) is 15.9. The van der Waals surface area contributed by atoms with E-state index in [1.807, 2.05) is 12.1 Å². The summed E-state index contributed by atoms with van der Waals surface area (Å²) < 4.78 is 40.9. The van der Waals surface area contributed by atoms with Crippen LogP contribution < -0.4 is 10.1 Å². The van der Waals surface area contributed by atoms with Gasteiger partial charge in [-0.1, -0.05) is 19.1 Å². The lowest BCUT2D eigenvalue weighted by Gasteiger charge is -2.17. The minimum absolute atomic E-state index is 0.146. The monoisotopic (exact) mass is 315 g/mol.